The molecule has 6 aliphatic rings. The Morgan fingerprint density at radius 3 is 1.53 bits per heavy atom. The average Bonchev–Trinajstić information content (AvgIpc) is 3.58. The molecule has 4 saturated carbocycles. The van der Waals surface area contributed by atoms with E-state index in [1.807, 2.05) is 24.3 Å². The summed E-state index contributed by atoms with van der Waals surface area (Å²) in [4.78, 5) is 15.9. The molecule has 60 heavy (non-hydrogen) atoms. The lowest BCUT2D eigenvalue weighted by molar-refractivity contribution is -0.0399. The molecule has 0 amide bonds. The molecular formula is C55H41N3O2. The molecule has 14 rings (SSSR count). The highest BCUT2D eigenvalue weighted by Crippen LogP contribution is 2.70. The van der Waals surface area contributed by atoms with E-state index in [-0.39, 0.29) is 5.41 Å². The molecule has 0 saturated heterocycles. The van der Waals surface area contributed by atoms with Gasteiger partial charge in [-0.15, -0.1) is 0 Å². The number of hydrogen-bond donors (Lipinski definition) is 0. The zero-order valence-corrected chi connectivity index (χ0v) is 33.1. The maximum absolute atomic E-state index is 6.61. The third kappa shape index (κ3) is 5.14. The quantitative estimate of drug-likeness (QED) is 0.174. The molecule has 5 nitrogen and oxygen atoms in total. The van der Waals surface area contributed by atoms with Crippen LogP contribution in [0.2, 0.25) is 0 Å². The summed E-state index contributed by atoms with van der Waals surface area (Å²) < 4.78 is 13.2. The molecule has 1 aromatic heterocycles. The Morgan fingerprint density at radius 1 is 0.350 bits per heavy atom. The molecule has 4 fully saturated rings. The molecule has 5 aliphatic carbocycles. The van der Waals surface area contributed by atoms with Crippen molar-refractivity contribution in [3.63, 3.8) is 0 Å². The van der Waals surface area contributed by atoms with Crippen LogP contribution in [0.3, 0.4) is 0 Å². The Kier molecular flexibility index (Phi) is 7.42. The number of aromatic nitrogens is 3. The Bertz CT molecular complexity index is 2970. The van der Waals surface area contributed by atoms with Gasteiger partial charge in [-0.05, 0) is 131 Å². The van der Waals surface area contributed by atoms with Gasteiger partial charge in [-0.2, -0.15) is 0 Å². The minimum absolute atomic E-state index is 0.102. The second kappa shape index (κ2) is 13.1. The van der Waals surface area contributed by atoms with Crippen molar-refractivity contribution in [2.45, 2.75) is 37.5 Å². The number of nitrogens with zero attached hydrogens (tertiary/aromatic N) is 3. The van der Waals surface area contributed by atoms with E-state index in [0.717, 1.165) is 68.2 Å². The zero-order chi connectivity index (χ0) is 39.4. The third-order valence-corrected chi connectivity index (χ3v) is 14.4. The van der Waals surface area contributed by atoms with Crippen LogP contribution in [0.5, 0.6) is 23.0 Å². The smallest absolute Gasteiger partial charge is 0.170 e. The molecule has 0 radical (unpaired) electrons. The first-order chi connectivity index (χ1) is 29.7. The Hall–Kier alpha value is -6.85. The molecule has 5 heteroatoms. The van der Waals surface area contributed by atoms with E-state index in [9.17, 15) is 0 Å². The van der Waals surface area contributed by atoms with Crippen molar-refractivity contribution in [3.8, 4) is 90.5 Å². The van der Waals surface area contributed by atoms with Crippen LogP contribution >= 0.6 is 0 Å². The average molecular weight is 776 g/mol. The topological polar surface area (TPSA) is 57.1 Å². The summed E-state index contributed by atoms with van der Waals surface area (Å²) in [5.41, 5.74) is 12.8. The van der Waals surface area contributed by atoms with E-state index < -0.39 is 0 Å². The molecular weight excluding hydrogens is 735 g/mol. The van der Waals surface area contributed by atoms with Crippen LogP contribution in [-0.4, -0.2) is 15.0 Å². The van der Waals surface area contributed by atoms with Gasteiger partial charge in [-0.25, -0.2) is 15.0 Å². The lowest BCUT2D eigenvalue weighted by Crippen LogP contribution is -2.55. The van der Waals surface area contributed by atoms with E-state index in [0.29, 0.717) is 29.3 Å². The summed E-state index contributed by atoms with van der Waals surface area (Å²) in [5.74, 6) is 7.93. The minimum atomic E-state index is -0.102. The number of ether oxygens (including phenoxy) is 2. The van der Waals surface area contributed by atoms with Crippen molar-refractivity contribution in [1.29, 1.82) is 0 Å². The van der Waals surface area contributed by atoms with Crippen molar-refractivity contribution in [1.82, 2.24) is 15.0 Å². The fourth-order valence-electron chi connectivity index (χ4n) is 12.1. The van der Waals surface area contributed by atoms with Crippen molar-refractivity contribution >= 4 is 0 Å². The van der Waals surface area contributed by atoms with Crippen molar-refractivity contribution in [2.24, 2.45) is 23.7 Å². The van der Waals surface area contributed by atoms with Gasteiger partial charge >= 0.3 is 0 Å². The molecule has 1 spiro atoms. The van der Waals surface area contributed by atoms with E-state index >= 15 is 0 Å². The van der Waals surface area contributed by atoms with Crippen LogP contribution in [-0.2, 0) is 5.41 Å². The first-order valence-corrected chi connectivity index (χ1v) is 21.5. The summed E-state index contributed by atoms with van der Waals surface area (Å²) in [5, 5.41) is 0. The van der Waals surface area contributed by atoms with E-state index in [1.165, 1.54) is 59.9 Å². The predicted molar refractivity (Wildman–Crippen MR) is 237 cm³/mol. The third-order valence-electron chi connectivity index (χ3n) is 14.4. The normalized spacial score (nSPS) is 22.3. The van der Waals surface area contributed by atoms with Crippen molar-refractivity contribution in [2.75, 3.05) is 0 Å². The summed E-state index contributed by atoms with van der Waals surface area (Å²) in [6.45, 7) is 0. The lowest BCUT2D eigenvalue weighted by atomic mass is 9.43. The molecule has 8 aromatic rings. The van der Waals surface area contributed by atoms with Crippen molar-refractivity contribution in [3.05, 3.63) is 175 Å². The SMILES string of the molecule is c1ccc(-c2ccc(-c3nc(-c4ccc5c(c4)C4(c6cc7c(cc6-5)Oc5ccccc5O7)C5CC6CC(C5)CC4C6)nc(-c4ccccc4-c4ccccc4)n3)cc2)cc1. The van der Waals surface area contributed by atoms with Crippen LogP contribution in [0.25, 0.3) is 67.5 Å². The van der Waals surface area contributed by atoms with E-state index in [4.69, 9.17) is 24.4 Å². The number of fused-ring (bicyclic) bond motifs is 5. The maximum Gasteiger partial charge on any atom is 0.170 e. The van der Waals surface area contributed by atoms with Crippen LogP contribution in [0, 0.1) is 23.7 Å². The van der Waals surface area contributed by atoms with Gasteiger partial charge in [0.2, 0.25) is 0 Å². The molecule has 7 aromatic carbocycles. The van der Waals surface area contributed by atoms with Gasteiger partial charge in [0.25, 0.3) is 0 Å². The maximum atomic E-state index is 6.61. The monoisotopic (exact) mass is 775 g/mol. The molecule has 1 aliphatic heterocycles. The zero-order valence-electron chi connectivity index (χ0n) is 33.1. The van der Waals surface area contributed by atoms with Gasteiger partial charge in [0.1, 0.15) is 0 Å². The largest absolute Gasteiger partial charge is 0.450 e. The van der Waals surface area contributed by atoms with E-state index in [2.05, 4.69) is 140 Å². The van der Waals surface area contributed by atoms with Crippen LogP contribution < -0.4 is 9.47 Å². The number of rotatable bonds is 5. The van der Waals surface area contributed by atoms with Crippen molar-refractivity contribution < 1.29 is 9.47 Å². The van der Waals surface area contributed by atoms with Gasteiger partial charge in [-0.1, -0.05) is 133 Å². The fourth-order valence-corrected chi connectivity index (χ4v) is 12.1. The second-order valence-electron chi connectivity index (χ2n) is 17.6. The first kappa shape index (κ1) is 34.1. The van der Waals surface area contributed by atoms with Gasteiger partial charge in [0.05, 0.1) is 0 Å². The predicted octanol–water partition coefficient (Wildman–Crippen LogP) is 13.8. The lowest BCUT2D eigenvalue weighted by Gasteiger charge is -2.61. The van der Waals surface area contributed by atoms with E-state index in [1.54, 1.807) is 0 Å². The number of benzene rings is 7. The standard InChI is InChI=1S/C55H41N3O2/c1-3-11-35(12-4-1)36-19-21-38(22-20-36)52-56-53(58-54(57-52)44-16-8-7-15-42(44)37-13-5-2-6-14-37)39-23-24-43-45-31-50-51(60-49-18-10-9-17-48(49)59-50)32-47(45)55(46(43)30-39)40-26-33-25-34(28-40)29-41(55)27-33/h1-24,30-34,40-41H,25-29H2. The highest BCUT2D eigenvalue weighted by atomic mass is 16.6. The summed E-state index contributed by atoms with van der Waals surface area (Å²) in [6, 6.07) is 57.7. The molecule has 0 atom stereocenters. The number of para-hydroxylation sites is 2. The highest BCUT2D eigenvalue weighted by molar-refractivity contribution is 5.87. The highest BCUT2D eigenvalue weighted by Gasteiger charge is 2.62. The molecule has 0 N–H and O–H groups in total. The van der Waals surface area contributed by atoms with Gasteiger partial charge in [0.15, 0.2) is 40.5 Å². The summed E-state index contributed by atoms with van der Waals surface area (Å²) in [6.07, 6.45) is 6.52. The summed E-state index contributed by atoms with van der Waals surface area (Å²) >= 11 is 0. The molecule has 2 heterocycles. The van der Waals surface area contributed by atoms with Crippen LogP contribution in [0.1, 0.15) is 43.2 Å². The van der Waals surface area contributed by atoms with Gasteiger partial charge in [0, 0.05) is 22.1 Å². The fraction of sp³-hybridized carbons (Fsp3) is 0.182. The Morgan fingerprint density at radius 2 is 0.850 bits per heavy atom. The van der Waals surface area contributed by atoms with Crippen LogP contribution in [0.4, 0.5) is 0 Å². The van der Waals surface area contributed by atoms with Gasteiger partial charge in [-0.3, -0.25) is 0 Å². The molecule has 4 bridgehead atoms. The van der Waals surface area contributed by atoms with Crippen LogP contribution in [0.15, 0.2) is 164 Å². The molecule has 0 unspecified atom stereocenters. The second-order valence-corrected chi connectivity index (χ2v) is 17.6. The van der Waals surface area contributed by atoms with Gasteiger partial charge < -0.3 is 9.47 Å². The Balaban J connectivity index is 0.993. The molecule has 288 valence electrons. The first-order valence-electron chi connectivity index (χ1n) is 21.5. The summed E-state index contributed by atoms with van der Waals surface area (Å²) in [7, 11) is 0. The minimum Gasteiger partial charge on any atom is -0.450 e. The Labute approximate surface area is 349 Å². The number of hydrogen-bond acceptors (Lipinski definition) is 5.